The average molecular weight is 279 g/mol. The van der Waals surface area contributed by atoms with Crippen LogP contribution in [0.2, 0.25) is 0 Å². The number of thiophene rings is 1. The Hall–Kier alpha value is -1.40. The van der Waals surface area contributed by atoms with E-state index in [9.17, 15) is 4.79 Å². The number of anilines is 1. The molecular weight excluding hydrogens is 266 g/mol. The summed E-state index contributed by atoms with van der Waals surface area (Å²) < 4.78 is 0. The number of rotatable bonds is 2. The smallest absolute Gasteiger partial charge is 0.273 e. The molecule has 2 aromatic rings. The van der Waals surface area contributed by atoms with Crippen molar-refractivity contribution in [1.82, 2.24) is 9.88 Å². The summed E-state index contributed by atoms with van der Waals surface area (Å²) in [7, 11) is 0. The van der Waals surface area contributed by atoms with Crippen LogP contribution in [0.1, 0.15) is 34.2 Å². The van der Waals surface area contributed by atoms with Gasteiger partial charge in [0.1, 0.15) is 5.69 Å². The van der Waals surface area contributed by atoms with E-state index in [-0.39, 0.29) is 11.9 Å². The van der Waals surface area contributed by atoms with E-state index in [0.717, 1.165) is 19.4 Å². The quantitative estimate of drug-likeness (QED) is 0.919. The molecule has 2 aromatic heterocycles. The van der Waals surface area contributed by atoms with Crippen LogP contribution in [-0.4, -0.2) is 22.3 Å². The van der Waals surface area contributed by atoms with Crippen LogP contribution in [0.5, 0.6) is 0 Å². The van der Waals surface area contributed by atoms with Crippen molar-refractivity contribution >= 4 is 33.7 Å². The minimum Gasteiger partial charge on any atom is -0.375 e. The molecule has 0 aliphatic carbocycles. The molecular formula is C12H13N3OS2. The minimum atomic E-state index is -0.00106. The molecule has 1 atom stereocenters. The molecule has 94 valence electrons. The lowest BCUT2D eigenvalue weighted by Crippen LogP contribution is -2.30. The van der Waals surface area contributed by atoms with Crippen molar-refractivity contribution in [2.75, 3.05) is 12.3 Å². The van der Waals surface area contributed by atoms with Gasteiger partial charge in [-0.15, -0.1) is 22.7 Å². The topological polar surface area (TPSA) is 59.2 Å². The molecule has 1 amide bonds. The summed E-state index contributed by atoms with van der Waals surface area (Å²) in [5.74, 6) is -0.00106. The Labute approximate surface area is 113 Å². The lowest BCUT2D eigenvalue weighted by Gasteiger charge is -2.22. The maximum absolute atomic E-state index is 12.4. The van der Waals surface area contributed by atoms with E-state index in [0.29, 0.717) is 10.8 Å². The van der Waals surface area contributed by atoms with Crippen LogP contribution in [0.15, 0.2) is 22.9 Å². The maximum atomic E-state index is 12.4. The van der Waals surface area contributed by atoms with Crippen LogP contribution in [0.25, 0.3) is 0 Å². The Bertz CT molecular complexity index is 549. The van der Waals surface area contributed by atoms with Gasteiger partial charge in [-0.2, -0.15) is 0 Å². The Morgan fingerprint density at radius 3 is 3.06 bits per heavy atom. The molecule has 1 saturated heterocycles. The first kappa shape index (κ1) is 11.7. The number of nitrogens with zero attached hydrogens (tertiary/aromatic N) is 2. The van der Waals surface area contributed by atoms with E-state index in [4.69, 9.17) is 5.73 Å². The fourth-order valence-electron chi connectivity index (χ4n) is 2.32. The highest BCUT2D eigenvalue weighted by molar-refractivity contribution is 7.13. The number of hydrogen-bond acceptors (Lipinski definition) is 5. The Morgan fingerprint density at radius 2 is 2.39 bits per heavy atom. The second-order valence-corrected chi connectivity index (χ2v) is 6.11. The van der Waals surface area contributed by atoms with Crippen LogP contribution >= 0.6 is 22.7 Å². The lowest BCUT2D eigenvalue weighted by atomic mass is 10.2. The van der Waals surface area contributed by atoms with E-state index < -0.39 is 0 Å². The summed E-state index contributed by atoms with van der Waals surface area (Å²) in [6, 6.07) is 4.33. The van der Waals surface area contributed by atoms with Gasteiger partial charge in [0.2, 0.25) is 0 Å². The van der Waals surface area contributed by atoms with Crippen molar-refractivity contribution in [3.8, 4) is 0 Å². The molecule has 0 bridgehead atoms. The third kappa shape index (κ3) is 2.02. The van der Waals surface area contributed by atoms with Crippen LogP contribution in [0.4, 0.5) is 5.13 Å². The molecule has 3 rings (SSSR count). The zero-order valence-corrected chi connectivity index (χ0v) is 11.3. The summed E-state index contributed by atoms with van der Waals surface area (Å²) in [6.45, 7) is 0.804. The summed E-state index contributed by atoms with van der Waals surface area (Å²) in [5, 5.41) is 4.24. The van der Waals surface area contributed by atoms with E-state index in [1.54, 1.807) is 16.7 Å². The molecule has 1 aliphatic heterocycles. The van der Waals surface area contributed by atoms with E-state index in [1.807, 2.05) is 11.0 Å². The zero-order chi connectivity index (χ0) is 12.5. The van der Waals surface area contributed by atoms with Crippen molar-refractivity contribution < 1.29 is 4.79 Å². The van der Waals surface area contributed by atoms with Gasteiger partial charge in [0.15, 0.2) is 5.13 Å². The molecule has 18 heavy (non-hydrogen) atoms. The normalized spacial score (nSPS) is 19.3. The number of likely N-dealkylation sites (tertiary alicyclic amines) is 1. The minimum absolute atomic E-state index is 0.00106. The summed E-state index contributed by atoms with van der Waals surface area (Å²) in [4.78, 5) is 19.6. The number of hydrogen-bond donors (Lipinski definition) is 1. The third-order valence-corrected chi connectivity index (χ3v) is 4.77. The number of carbonyl (C=O) groups excluding carboxylic acids is 1. The Balaban J connectivity index is 1.85. The molecule has 1 unspecified atom stereocenters. The summed E-state index contributed by atoms with van der Waals surface area (Å²) >= 11 is 3.02. The van der Waals surface area contributed by atoms with E-state index in [2.05, 4.69) is 16.4 Å². The van der Waals surface area contributed by atoms with Crippen LogP contribution in [0, 0.1) is 0 Å². The summed E-state index contributed by atoms with van der Waals surface area (Å²) in [6.07, 6.45) is 2.08. The van der Waals surface area contributed by atoms with E-state index in [1.165, 1.54) is 16.2 Å². The largest absolute Gasteiger partial charge is 0.375 e. The number of thiazole rings is 1. The van der Waals surface area contributed by atoms with Gasteiger partial charge < -0.3 is 10.6 Å². The van der Waals surface area contributed by atoms with Crippen molar-refractivity contribution in [2.45, 2.75) is 18.9 Å². The number of nitrogen functional groups attached to an aromatic ring is 1. The van der Waals surface area contributed by atoms with Crippen molar-refractivity contribution in [3.05, 3.63) is 33.5 Å². The first-order valence-electron chi connectivity index (χ1n) is 5.81. The van der Waals surface area contributed by atoms with Gasteiger partial charge in [-0.05, 0) is 24.3 Å². The van der Waals surface area contributed by atoms with Gasteiger partial charge in [-0.25, -0.2) is 4.98 Å². The second kappa shape index (κ2) is 4.70. The highest BCUT2D eigenvalue weighted by Gasteiger charge is 2.32. The van der Waals surface area contributed by atoms with Gasteiger partial charge in [-0.1, -0.05) is 6.07 Å². The number of carbonyl (C=O) groups is 1. The average Bonchev–Trinajstić information content (AvgIpc) is 3.08. The molecule has 6 heteroatoms. The maximum Gasteiger partial charge on any atom is 0.273 e. The Kier molecular flexibility index (Phi) is 3.05. The Morgan fingerprint density at radius 1 is 1.50 bits per heavy atom. The molecule has 0 spiro atoms. The number of nitrogens with two attached hydrogens (primary N) is 1. The molecule has 1 fully saturated rings. The van der Waals surface area contributed by atoms with Crippen molar-refractivity contribution in [2.24, 2.45) is 0 Å². The van der Waals surface area contributed by atoms with Gasteiger partial charge in [0.05, 0.1) is 6.04 Å². The molecule has 0 saturated carbocycles. The molecule has 2 N–H and O–H groups in total. The molecule has 1 aliphatic rings. The molecule has 4 nitrogen and oxygen atoms in total. The van der Waals surface area contributed by atoms with Crippen molar-refractivity contribution in [3.63, 3.8) is 0 Å². The predicted molar refractivity (Wildman–Crippen MR) is 73.9 cm³/mol. The SMILES string of the molecule is Nc1nc(C(=O)N2CCCC2c2cccs2)cs1. The van der Waals surface area contributed by atoms with Gasteiger partial charge in [0.25, 0.3) is 5.91 Å². The first-order valence-corrected chi connectivity index (χ1v) is 7.57. The van der Waals surface area contributed by atoms with E-state index >= 15 is 0 Å². The van der Waals surface area contributed by atoms with Gasteiger partial charge >= 0.3 is 0 Å². The highest BCUT2D eigenvalue weighted by Crippen LogP contribution is 2.35. The molecule has 0 aromatic carbocycles. The fourth-order valence-corrected chi connectivity index (χ4v) is 3.73. The molecule has 3 heterocycles. The third-order valence-electron chi connectivity index (χ3n) is 3.13. The van der Waals surface area contributed by atoms with Crippen molar-refractivity contribution in [1.29, 1.82) is 0 Å². The predicted octanol–water partition coefficient (Wildman–Crippen LogP) is 2.76. The molecule has 0 radical (unpaired) electrons. The fraction of sp³-hybridized carbons (Fsp3) is 0.333. The second-order valence-electron chi connectivity index (χ2n) is 4.24. The van der Waals surface area contributed by atoms with Gasteiger partial charge in [0, 0.05) is 16.8 Å². The monoisotopic (exact) mass is 279 g/mol. The summed E-state index contributed by atoms with van der Waals surface area (Å²) in [5.41, 5.74) is 6.06. The first-order chi connectivity index (χ1) is 8.75. The number of amides is 1. The van der Waals surface area contributed by atoms with Crippen LogP contribution in [0.3, 0.4) is 0 Å². The highest BCUT2D eigenvalue weighted by atomic mass is 32.1. The zero-order valence-electron chi connectivity index (χ0n) is 9.70. The number of aromatic nitrogens is 1. The lowest BCUT2D eigenvalue weighted by molar-refractivity contribution is 0.0733. The van der Waals surface area contributed by atoms with Crippen LogP contribution in [-0.2, 0) is 0 Å². The standard InChI is InChI=1S/C12H13N3OS2/c13-12-14-8(7-18-12)11(16)15-5-1-3-9(15)10-4-2-6-17-10/h2,4,6-7,9H,1,3,5H2,(H2,13,14). The van der Waals surface area contributed by atoms with Gasteiger partial charge in [-0.3, -0.25) is 4.79 Å². The van der Waals surface area contributed by atoms with Crippen LogP contribution < -0.4 is 5.73 Å².